The zero-order valence-electron chi connectivity index (χ0n) is 16.8. The second kappa shape index (κ2) is 8.73. The fraction of sp³-hybridized carbons (Fsp3) is 0.125. The van der Waals surface area contributed by atoms with E-state index in [1.165, 1.54) is 43.1 Å². The topological polar surface area (TPSA) is 68.9 Å². The molecule has 0 spiro atoms. The Morgan fingerprint density at radius 1 is 1.10 bits per heavy atom. The van der Waals surface area contributed by atoms with Crippen LogP contribution in [0.3, 0.4) is 0 Å². The Hall–Kier alpha value is -3.45. The van der Waals surface area contributed by atoms with Gasteiger partial charge in [0.1, 0.15) is 22.9 Å². The SMILES string of the molecule is COc1cc(-c2oc3ccc(CC(=O)Oc4ccc(F)cc4)cc3c2SC)ccc1O. The Kier molecular flexibility index (Phi) is 5.86. The van der Waals surface area contributed by atoms with Gasteiger partial charge in [-0.1, -0.05) is 6.07 Å². The van der Waals surface area contributed by atoms with Crippen molar-refractivity contribution in [1.82, 2.24) is 0 Å². The van der Waals surface area contributed by atoms with Crippen molar-refractivity contribution in [3.63, 3.8) is 0 Å². The van der Waals surface area contributed by atoms with Gasteiger partial charge in [0.25, 0.3) is 0 Å². The van der Waals surface area contributed by atoms with Crippen LogP contribution < -0.4 is 9.47 Å². The average molecular weight is 438 g/mol. The number of hydrogen-bond donors (Lipinski definition) is 1. The molecule has 0 aliphatic heterocycles. The Bertz CT molecular complexity index is 1250. The molecule has 158 valence electrons. The minimum absolute atomic E-state index is 0.0509. The number of rotatable bonds is 6. The van der Waals surface area contributed by atoms with Crippen LogP contribution in [-0.2, 0) is 11.2 Å². The Balaban J connectivity index is 1.63. The van der Waals surface area contributed by atoms with Crippen molar-refractivity contribution in [2.45, 2.75) is 11.3 Å². The summed E-state index contributed by atoms with van der Waals surface area (Å²) < 4.78 is 29.6. The highest BCUT2D eigenvalue weighted by Gasteiger charge is 2.18. The van der Waals surface area contributed by atoms with Gasteiger partial charge in [0, 0.05) is 10.9 Å². The lowest BCUT2D eigenvalue weighted by atomic mass is 10.1. The minimum Gasteiger partial charge on any atom is -0.504 e. The first-order valence-electron chi connectivity index (χ1n) is 9.41. The standard InChI is InChI=1S/C24H19FO5S/c1-28-21-13-15(4-9-19(21)26)23-24(31-2)18-11-14(3-10-20(18)30-23)12-22(27)29-17-7-5-16(25)6-8-17/h3-11,13,26H,12H2,1-2H3. The van der Waals surface area contributed by atoms with E-state index < -0.39 is 11.8 Å². The molecule has 0 atom stereocenters. The molecule has 0 amide bonds. The quantitative estimate of drug-likeness (QED) is 0.232. The van der Waals surface area contributed by atoms with Crippen molar-refractivity contribution in [3.8, 4) is 28.6 Å². The van der Waals surface area contributed by atoms with Crippen molar-refractivity contribution in [1.29, 1.82) is 0 Å². The van der Waals surface area contributed by atoms with E-state index in [2.05, 4.69) is 0 Å². The molecule has 1 heterocycles. The molecular weight excluding hydrogens is 419 g/mol. The predicted octanol–water partition coefficient (Wildman–Crippen LogP) is 5.82. The highest BCUT2D eigenvalue weighted by atomic mass is 32.2. The third kappa shape index (κ3) is 4.36. The number of esters is 1. The van der Waals surface area contributed by atoms with E-state index in [1.54, 1.807) is 18.2 Å². The van der Waals surface area contributed by atoms with Crippen LogP contribution in [-0.4, -0.2) is 24.4 Å². The van der Waals surface area contributed by atoms with E-state index in [1.807, 2.05) is 24.5 Å². The first kappa shape index (κ1) is 20.8. The van der Waals surface area contributed by atoms with E-state index >= 15 is 0 Å². The van der Waals surface area contributed by atoms with Gasteiger partial charge < -0.3 is 19.0 Å². The van der Waals surface area contributed by atoms with Gasteiger partial charge in [-0.05, 0) is 66.4 Å². The van der Waals surface area contributed by atoms with Crippen LogP contribution in [0.15, 0.2) is 70.0 Å². The number of ether oxygens (including phenoxy) is 2. The smallest absolute Gasteiger partial charge is 0.315 e. The Morgan fingerprint density at radius 2 is 1.87 bits per heavy atom. The Labute approximate surface area is 182 Å². The van der Waals surface area contributed by atoms with E-state index in [9.17, 15) is 14.3 Å². The fourth-order valence-electron chi connectivity index (χ4n) is 3.28. The molecule has 3 aromatic carbocycles. The second-order valence-electron chi connectivity index (χ2n) is 6.79. The first-order chi connectivity index (χ1) is 15.0. The normalized spacial score (nSPS) is 10.9. The molecule has 4 aromatic rings. The zero-order chi connectivity index (χ0) is 22.0. The number of carbonyl (C=O) groups excluding carboxylic acids is 1. The number of thioether (sulfide) groups is 1. The van der Waals surface area contributed by atoms with Crippen molar-refractivity contribution >= 4 is 28.7 Å². The number of carbonyl (C=O) groups is 1. The maximum Gasteiger partial charge on any atom is 0.315 e. The number of fused-ring (bicyclic) bond motifs is 1. The molecular formula is C24H19FO5S. The maximum atomic E-state index is 13.0. The van der Waals surface area contributed by atoms with Crippen molar-refractivity contribution in [2.24, 2.45) is 0 Å². The summed E-state index contributed by atoms with van der Waals surface area (Å²) in [4.78, 5) is 13.2. The van der Waals surface area contributed by atoms with Gasteiger partial charge in [0.05, 0.1) is 18.4 Å². The molecule has 0 saturated carbocycles. The zero-order valence-corrected chi connectivity index (χ0v) is 17.7. The molecule has 1 aromatic heterocycles. The maximum absolute atomic E-state index is 13.0. The van der Waals surface area contributed by atoms with Gasteiger partial charge in [-0.25, -0.2) is 4.39 Å². The van der Waals surface area contributed by atoms with Crippen molar-refractivity contribution in [3.05, 3.63) is 72.0 Å². The van der Waals surface area contributed by atoms with Gasteiger partial charge in [-0.15, -0.1) is 11.8 Å². The summed E-state index contributed by atoms with van der Waals surface area (Å²) in [6.07, 6.45) is 2.01. The third-order valence-corrected chi connectivity index (χ3v) is 5.56. The van der Waals surface area contributed by atoms with Gasteiger partial charge in [-0.2, -0.15) is 0 Å². The monoisotopic (exact) mass is 438 g/mol. The van der Waals surface area contributed by atoms with E-state index in [4.69, 9.17) is 13.9 Å². The summed E-state index contributed by atoms with van der Waals surface area (Å²) in [5.41, 5.74) is 2.22. The highest BCUT2D eigenvalue weighted by Crippen LogP contribution is 2.42. The average Bonchev–Trinajstić information content (AvgIpc) is 3.13. The van der Waals surface area contributed by atoms with Crippen LogP contribution in [0.4, 0.5) is 4.39 Å². The molecule has 5 nitrogen and oxygen atoms in total. The van der Waals surface area contributed by atoms with Crippen LogP contribution in [0.5, 0.6) is 17.2 Å². The second-order valence-corrected chi connectivity index (χ2v) is 7.60. The molecule has 7 heteroatoms. The lowest BCUT2D eigenvalue weighted by molar-refractivity contribution is -0.133. The molecule has 1 N–H and O–H groups in total. The van der Waals surface area contributed by atoms with Gasteiger partial charge in [-0.3, -0.25) is 4.79 Å². The number of methoxy groups -OCH3 is 1. The summed E-state index contributed by atoms with van der Waals surface area (Å²) in [7, 11) is 1.49. The molecule has 31 heavy (non-hydrogen) atoms. The van der Waals surface area contributed by atoms with Gasteiger partial charge in [0.2, 0.25) is 0 Å². The Morgan fingerprint density at radius 3 is 2.58 bits per heavy atom. The van der Waals surface area contributed by atoms with E-state index in [0.717, 1.165) is 21.4 Å². The van der Waals surface area contributed by atoms with E-state index in [0.29, 0.717) is 22.8 Å². The number of aromatic hydroxyl groups is 1. The summed E-state index contributed by atoms with van der Waals surface area (Å²) >= 11 is 1.53. The summed E-state index contributed by atoms with van der Waals surface area (Å²) in [6.45, 7) is 0. The molecule has 0 aliphatic carbocycles. The van der Waals surface area contributed by atoms with Crippen molar-refractivity contribution < 1.29 is 28.2 Å². The number of phenols is 1. The number of furan rings is 1. The van der Waals surface area contributed by atoms with Crippen LogP contribution in [0, 0.1) is 5.82 Å². The predicted molar refractivity (Wildman–Crippen MR) is 117 cm³/mol. The molecule has 0 bridgehead atoms. The highest BCUT2D eigenvalue weighted by molar-refractivity contribution is 7.99. The fourth-order valence-corrected chi connectivity index (χ4v) is 4.00. The largest absolute Gasteiger partial charge is 0.504 e. The van der Waals surface area contributed by atoms with Crippen LogP contribution in [0.1, 0.15) is 5.56 Å². The molecule has 0 fully saturated rings. The molecule has 0 saturated heterocycles. The lowest BCUT2D eigenvalue weighted by Gasteiger charge is -2.06. The first-order valence-corrected chi connectivity index (χ1v) is 10.6. The number of benzene rings is 3. The number of phenolic OH excluding ortho intramolecular Hbond substituents is 1. The van der Waals surface area contributed by atoms with E-state index in [-0.39, 0.29) is 12.2 Å². The lowest BCUT2D eigenvalue weighted by Crippen LogP contribution is -2.11. The minimum atomic E-state index is -0.441. The van der Waals surface area contributed by atoms with Crippen LogP contribution in [0.2, 0.25) is 0 Å². The summed E-state index contributed by atoms with van der Waals surface area (Å²) in [5, 5.41) is 10.7. The number of halogens is 1. The van der Waals surface area contributed by atoms with Crippen LogP contribution >= 0.6 is 11.8 Å². The summed E-state index contributed by atoms with van der Waals surface area (Å²) in [5.74, 6) is 0.528. The third-order valence-electron chi connectivity index (χ3n) is 4.75. The molecule has 4 rings (SSSR count). The number of hydrogen-bond acceptors (Lipinski definition) is 6. The molecule has 0 unspecified atom stereocenters. The molecule has 0 radical (unpaired) electrons. The van der Waals surface area contributed by atoms with Crippen LogP contribution in [0.25, 0.3) is 22.3 Å². The van der Waals surface area contributed by atoms with Gasteiger partial charge >= 0.3 is 5.97 Å². The molecule has 0 aliphatic rings. The van der Waals surface area contributed by atoms with Crippen molar-refractivity contribution in [2.75, 3.05) is 13.4 Å². The van der Waals surface area contributed by atoms with Gasteiger partial charge in [0.15, 0.2) is 11.5 Å². The summed E-state index contributed by atoms with van der Waals surface area (Å²) in [6, 6.07) is 15.9.